The summed E-state index contributed by atoms with van der Waals surface area (Å²) in [6, 6.07) is 0. The normalized spacial score (nSPS) is 17.6. The number of anilines is 2. The van der Waals surface area contributed by atoms with E-state index in [9.17, 15) is 4.79 Å². The van der Waals surface area contributed by atoms with Crippen molar-refractivity contribution in [1.29, 1.82) is 0 Å². The lowest BCUT2D eigenvalue weighted by atomic mass is 10.3. The van der Waals surface area contributed by atoms with Gasteiger partial charge in [-0.1, -0.05) is 11.3 Å². The molecule has 1 aliphatic heterocycles. The largest absolute Gasteiger partial charge is 0.389 e. The highest BCUT2D eigenvalue weighted by molar-refractivity contribution is 7.19. The lowest BCUT2D eigenvalue weighted by Crippen LogP contribution is -2.48. The fraction of sp³-hybridized carbons (Fsp3) is 0.500. The van der Waals surface area contributed by atoms with E-state index in [1.807, 2.05) is 11.9 Å². The number of aromatic nitrogens is 1. The number of rotatable bonds is 1. The summed E-state index contributed by atoms with van der Waals surface area (Å²) in [6.07, 6.45) is 1.63. The summed E-state index contributed by atoms with van der Waals surface area (Å²) >= 11 is 1.42. The smallest absolute Gasteiger partial charge is 0.241 e. The van der Waals surface area contributed by atoms with Crippen molar-refractivity contribution >= 4 is 27.4 Å². The molecule has 0 unspecified atom stereocenters. The zero-order valence-electron chi connectivity index (χ0n) is 7.93. The van der Waals surface area contributed by atoms with E-state index in [1.54, 1.807) is 11.1 Å². The van der Waals surface area contributed by atoms with Crippen molar-refractivity contribution in [3.05, 3.63) is 6.20 Å². The highest BCUT2D eigenvalue weighted by atomic mass is 32.1. The Labute approximate surface area is 86.1 Å². The maximum absolute atomic E-state index is 11.4. The van der Waals surface area contributed by atoms with Gasteiger partial charge in [-0.15, -0.1) is 0 Å². The summed E-state index contributed by atoms with van der Waals surface area (Å²) in [6.45, 7) is 1.98. The van der Waals surface area contributed by atoms with Crippen LogP contribution in [-0.2, 0) is 4.79 Å². The van der Waals surface area contributed by atoms with Crippen LogP contribution in [0.15, 0.2) is 6.20 Å². The average Bonchev–Trinajstić information content (AvgIpc) is 2.57. The van der Waals surface area contributed by atoms with Gasteiger partial charge in [0, 0.05) is 20.1 Å². The van der Waals surface area contributed by atoms with Gasteiger partial charge in [-0.2, -0.15) is 0 Å². The molecule has 1 aliphatic rings. The molecule has 2 rings (SSSR count). The minimum Gasteiger partial charge on any atom is -0.389 e. The summed E-state index contributed by atoms with van der Waals surface area (Å²) in [7, 11) is 1.82. The molecule has 1 aromatic rings. The zero-order valence-corrected chi connectivity index (χ0v) is 8.75. The van der Waals surface area contributed by atoms with Gasteiger partial charge in [0.15, 0.2) is 5.13 Å². The van der Waals surface area contributed by atoms with E-state index < -0.39 is 0 Å². The van der Waals surface area contributed by atoms with Crippen LogP contribution >= 0.6 is 11.3 Å². The van der Waals surface area contributed by atoms with Crippen molar-refractivity contribution < 1.29 is 4.79 Å². The first-order valence-corrected chi connectivity index (χ1v) is 5.18. The number of piperazine rings is 1. The Kier molecular flexibility index (Phi) is 2.28. The molecular weight excluding hydrogens is 200 g/mol. The highest BCUT2D eigenvalue weighted by Crippen LogP contribution is 2.24. The zero-order chi connectivity index (χ0) is 10.1. The maximum atomic E-state index is 11.4. The van der Waals surface area contributed by atoms with E-state index in [-0.39, 0.29) is 5.91 Å². The fourth-order valence-corrected chi connectivity index (χ4v) is 2.05. The minimum atomic E-state index is 0.130. The number of carbonyl (C=O) groups is 1. The van der Waals surface area contributed by atoms with E-state index in [0.29, 0.717) is 11.5 Å². The van der Waals surface area contributed by atoms with Crippen molar-refractivity contribution in [3.63, 3.8) is 0 Å². The second-order valence-electron chi connectivity index (χ2n) is 3.28. The Morgan fingerprint density at radius 2 is 2.36 bits per heavy atom. The first-order valence-electron chi connectivity index (χ1n) is 4.37. The lowest BCUT2D eigenvalue weighted by Gasteiger charge is -2.31. The van der Waals surface area contributed by atoms with Gasteiger partial charge in [0.05, 0.1) is 12.7 Å². The van der Waals surface area contributed by atoms with Crippen LogP contribution in [0.25, 0.3) is 0 Å². The average molecular weight is 212 g/mol. The van der Waals surface area contributed by atoms with Crippen molar-refractivity contribution in [2.75, 3.05) is 37.3 Å². The maximum Gasteiger partial charge on any atom is 0.241 e. The van der Waals surface area contributed by atoms with E-state index in [2.05, 4.69) is 4.98 Å². The third kappa shape index (κ3) is 1.65. The molecule has 0 aliphatic carbocycles. The Bertz CT molecular complexity index is 351. The molecule has 0 bridgehead atoms. The van der Waals surface area contributed by atoms with Gasteiger partial charge in [-0.25, -0.2) is 4.98 Å². The number of amides is 1. The number of hydrogen-bond donors (Lipinski definition) is 1. The number of nitrogen functional groups attached to an aromatic ring is 1. The second-order valence-corrected chi connectivity index (χ2v) is 4.32. The third-order valence-electron chi connectivity index (χ3n) is 2.24. The first kappa shape index (κ1) is 9.26. The SMILES string of the molecule is CN1CCN(c2ncc(N)s2)CC1=O. The van der Waals surface area contributed by atoms with Crippen molar-refractivity contribution in [3.8, 4) is 0 Å². The summed E-state index contributed by atoms with van der Waals surface area (Å²) < 4.78 is 0. The van der Waals surface area contributed by atoms with E-state index in [0.717, 1.165) is 18.2 Å². The van der Waals surface area contributed by atoms with Crippen molar-refractivity contribution in [2.45, 2.75) is 0 Å². The van der Waals surface area contributed by atoms with Gasteiger partial charge < -0.3 is 15.5 Å². The standard InChI is InChI=1S/C8H12N4OS/c1-11-2-3-12(5-7(11)13)8-10-4-6(9)14-8/h4H,2-3,5,9H2,1H3. The molecule has 1 aromatic heterocycles. The molecule has 1 fully saturated rings. The molecule has 1 saturated heterocycles. The molecule has 0 aromatic carbocycles. The molecule has 0 spiro atoms. The van der Waals surface area contributed by atoms with E-state index in [4.69, 9.17) is 5.73 Å². The Balaban J connectivity index is 2.10. The number of nitrogens with two attached hydrogens (primary N) is 1. The molecule has 0 radical (unpaired) electrons. The molecule has 0 atom stereocenters. The molecule has 76 valence electrons. The van der Waals surface area contributed by atoms with Crippen LogP contribution in [0.2, 0.25) is 0 Å². The summed E-state index contributed by atoms with van der Waals surface area (Å²) in [4.78, 5) is 19.3. The first-order chi connectivity index (χ1) is 6.66. The van der Waals surface area contributed by atoms with Crippen molar-refractivity contribution in [2.24, 2.45) is 0 Å². The Morgan fingerprint density at radius 1 is 1.57 bits per heavy atom. The van der Waals surface area contributed by atoms with Gasteiger partial charge in [0.25, 0.3) is 0 Å². The van der Waals surface area contributed by atoms with Crippen LogP contribution in [0, 0.1) is 0 Å². The molecule has 1 amide bonds. The highest BCUT2D eigenvalue weighted by Gasteiger charge is 2.22. The van der Waals surface area contributed by atoms with Gasteiger partial charge in [-0.3, -0.25) is 4.79 Å². The Morgan fingerprint density at radius 3 is 2.93 bits per heavy atom. The van der Waals surface area contributed by atoms with Crippen LogP contribution in [0.5, 0.6) is 0 Å². The van der Waals surface area contributed by atoms with Gasteiger partial charge in [0.2, 0.25) is 5.91 Å². The molecule has 0 saturated carbocycles. The predicted octanol–water partition coefficient (Wildman–Crippen LogP) is 0.00370. The fourth-order valence-electron chi connectivity index (χ4n) is 1.34. The molecule has 2 heterocycles. The van der Waals surface area contributed by atoms with E-state index in [1.165, 1.54) is 11.3 Å². The number of likely N-dealkylation sites (N-methyl/N-ethyl adjacent to an activating group) is 1. The van der Waals surface area contributed by atoms with Crippen molar-refractivity contribution in [1.82, 2.24) is 9.88 Å². The number of hydrogen-bond acceptors (Lipinski definition) is 5. The topological polar surface area (TPSA) is 62.5 Å². The number of thiazole rings is 1. The third-order valence-corrected chi connectivity index (χ3v) is 3.13. The van der Waals surface area contributed by atoms with Gasteiger partial charge in [-0.05, 0) is 0 Å². The molecule has 2 N–H and O–H groups in total. The summed E-state index contributed by atoms with van der Waals surface area (Å²) in [5.41, 5.74) is 5.58. The quantitative estimate of drug-likeness (QED) is 0.712. The summed E-state index contributed by atoms with van der Waals surface area (Å²) in [5, 5.41) is 1.52. The van der Waals surface area contributed by atoms with Crippen LogP contribution in [0.4, 0.5) is 10.1 Å². The summed E-state index contributed by atoms with van der Waals surface area (Å²) in [5.74, 6) is 0.130. The van der Waals surface area contributed by atoms with Crippen LogP contribution < -0.4 is 10.6 Å². The second kappa shape index (κ2) is 3.45. The van der Waals surface area contributed by atoms with E-state index >= 15 is 0 Å². The number of carbonyl (C=O) groups excluding carboxylic acids is 1. The molecule has 14 heavy (non-hydrogen) atoms. The van der Waals surface area contributed by atoms with Crippen LogP contribution in [0.3, 0.4) is 0 Å². The number of nitrogens with zero attached hydrogens (tertiary/aromatic N) is 3. The monoisotopic (exact) mass is 212 g/mol. The molecule has 6 heteroatoms. The molecular formula is C8H12N4OS. The van der Waals surface area contributed by atoms with Gasteiger partial charge >= 0.3 is 0 Å². The Hall–Kier alpha value is -1.30. The van der Waals surface area contributed by atoms with Gasteiger partial charge in [0.1, 0.15) is 5.00 Å². The lowest BCUT2D eigenvalue weighted by molar-refractivity contribution is -0.129. The minimum absolute atomic E-state index is 0.130. The van der Waals surface area contributed by atoms with Crippen LogP contribution in [-0.4, -0.2) is 42.5 Å². The van der Waals surface area contributed by atoms with Crippen LogP contribution in [0.1, 0.15) is 0 Å². The predicted molar refractivity (Wildman–Crippen MR) is 56.4 cm³/mol. The molecule has 5 nitrogen and oxygen atoms in total.